The summed E-state index contributed by atoms with van der Waals surface area (Å²) in [6, 6.07) is 4.94. The Bertz CT molecular complexity index is 685. The number of hydrogen-bond donors (Lipinski definition) is 2. The highest BCUT2D eigenvalue weighted by molar-refractivity contribution is 5.97. The van der Waals surface area contributed by atoms with Gasteiger partial charge in [-0.25, -0.2) is 4.39 Å². The average Bonchev–Trinajstić information content (AvgIpc) is 2.64. The molecule has 0 bridgehead atoms. The number of rotatable bonds is 6. The predicted molar refractivity (Wildman–Crippen MR) is 100 cm³/mol. The van der Waals surface area contributed by atoms with Gasteiger partial charge in [0, 0.05) is 26.6 Å². The van der Waals surface area contributed by atoms with Crippen LogP contribution in [0, 0.1) is 17.7 Å². The zero-order valence-electron chi connectivity index (χ0n) is 16.1. The van der Waals surface area contributed by atoms with Crippen molar-refractivity contribution in [1.29, 1.82) is 0 Å². The van der Waals surface area contributed by atoms with Crippen molar-refractivity contribution in [1.82, 2.24) is 15.5 Å². The summed E-state index contributed by atoms with van der Waals surface area (Å²) in [5, 5.41) is 5.57. The lowest BCUT2D eigenvalue weighted by Crippen LogP contribution is -2.54. The number of amides is 3. The van der Waals surface area contributed by atoms with Gasteiger partial charge in [-0.2, -0.15) is 0 Å². The molecule has 0 aliphatic carbocycles. The van der Waals surface area contributed by atoms with E-state index in [1.54, 1.807) is 11.0 Å². The molecule has 2 N–H and O–H groups in total. The number of benzene rings is 1. The van der Waals surface area contributed by atoms with E-state index in [4.69, 9.17) is 0 Å². The first-order valence-corrected chi connectivity index (χ1v) is 9.38. The van der Waals surface area contributed by atoms with Gasteiger partial charge in [-0.1, -0.05) is 26.0 Å². The van der Waals surface area contributed by atoms with Crippen LogP contribution in [0.2, 0.25) is 0 Å². The maximum atomic E-state index is 13.9. The topological polar surface area (TPSA) is 78.5 Å². The molecule has 1 aliphatic rings. The van der Waals surface area contributed by atoms with Crippen LogP contribution in [0.15, 0.2) is 24.3 Å². The summed E-state index contributed by atoms with van der Waals surface area (Å²) < 4.78 is 13.9. The first kappa shape index (κ1) is 20.9. The normalized spacial score (nSPS) is 16.1. The molecule has 1 atom stereocenters. The third-order valence-corrected chi connectivity index (χ3v) is 4.83. The van der Waals surface area contributed by atoms with E-state index in [1.165, 1.54) is 25.1 Å². The number of hydrogen-bond acceptors (Lipinski definition) is 3. The molecule has 1 aromatic carbocycles. The van der Waals surface area contributed by atoms with E-state index >= 15 is 0 Å². The Labute approximate surface area is 159 Å². The summed E-state index contributed by atoms with van der Waals surface area (Å²) in [5.41, 5.74) is -0.0830. The van der Waals surface area contributed by atoms with Crippen molar-refractivity contribution in [3.8, 4) is 0 Å². The molecule has 27 heavy (non-hydrogen) atoms. The van der Waals surface area contributed by atoms with Crippen LogP contribution in [-0.4, -0.2) is 48.3 Å². The van der Waals surface area contributed by atoms with Gasteiger partial charge < -0.3 is 15.5 Å². The van der Waals surface area contributed by atoms with E-state index in [0.717, 1.165) is 0 Å². The zero-order chi connectivity index (χ0) is 20.0. The van der Waals surface area contributed by atoms with Gasteiger partial charge in [0.1, 0.15) is 11.9 Å². The molecule has 6 nitrogen and oxygen atoms in total. The van der Waals surface area contributed by atoms with Crippen LogP contribution in [0.5, 0.6) is 0 Å². The van der Waals surface area contributed by atoms with Crippen molar-refractivity contribution in [2.45, 2.75) is 39.7 Å². The molecular weight excluding hydrogens is 349 g/mol. The van der Waals surface area contributed by atoms with Crippen molar-refractivity contribution in [2.75, 3.05) is 19.6 Å². The minimum atomic E-state index is -0.759. The fraction of sp³-hybridized carbons (Fsp3) is 0.550. The Morgan fingerprint density at radius 3 is 2.37 bits per heavy atom. The van der Waals surface area contributed by atoms with Gasteiger partial charge in [-0.3, -0.25) is 14.4 Å². The molecule has 1 unspecified atom stereocenters. The van der Waals surface area contributed by atoms with E-state index in [0.29, 0.717) is 32.5 Å². The first-order valence-electron chi connectivity index (χ1n) is 9.38. The van der Waals surface area contributed by atoms with Gasteiger partial charge in [-0.05, 0) is 36.8 Å². The van der Waals surface area contributed by atoms with Crippen molar-refractivity contribution >= 4 is 17.7 Å². The molecule has 2 rings (SSSR count). The SMILES string of the molecule is CC(=O)N1CCC(C(NC(=O)c2ccccc2F)C(=O)NCC(C)C)CC1. The van der Waals surface area contributed by atoms with E-state index in [9.17, 15) is 18.8 Å². The lowest BCUT2D eigenvalue weighted by molar-refractivity contribution is -0.130. The number of carbonyl (C=O) groups is 3. The first-order chi connectivity index (χ1) is 12.8. The minimum absolute atomic E-state index is 0.00431. The molecule has 0 radical (unpaired) electrons. The smallest absolute Gasteiger partial charge is 0.254 e. The Kier molecular flexibility index (Phi) is 7.33. The summed E-state index contributed by atoms with van der Waals surface area (Å²) in [5.74, 6) is -1.33. The van der Waals surface area contributed by atoms with E-state index < -0.39 is 17.8 Å². The largest absolute Gasteiger partial charge is 0.354 e. The Morgan fingerprint density at radius 1 is 1.19 bits per heavy atom. The second-order valence-corrected chi connectivity index (χ2v) is 7.41. The molecule has 1 fully saturated rings. The molecule has 1 saturated heterocycles. The fourth-order valence-electron chi connectivity index (χ4n) is 3.22. The monoisotopic (exact) mass is 377 g/mol. The number of halogens is 1. The second-order valence-electron chi connectivity index (χ2n) is 7.41. The number of nitrogens with one attached hydrogen (secondary N) is 2. The Balaban J connectivity index is 2.12. The van der Waals surface area contributed by atoms with E-state index in [-0.39, 0.29) is 29.2 Å². The fourth-order valence-corrected chi connectivity index (χ4v) is 3.22. The van der Waals surface area contributed by atoms with Gasteiger partial charge in [0.15, 0.2) is 0 Å². The van der Waals surface area contributed by atoms with Crippen LogP contribution in [0.25, 0.3) is 0 Å². The summed E-state index contributed by atoms with van der Waals surface area (Å²) in [6.07, 6.45) is 1.22. The summed E-state index contributed by atoms with van der Waals surface area (Å²) >= 11 is 0. The quantitative estimate of drug-likeness (QED) is 0.795. The molecule has 0 aromatic heterocycles. The highest BCUT2D eigenvalue weighted by Crippen LogP contribution is 2.22. The van der Waals surface area contributed by atoms with E-state index in [2.05, 4.69) is 10.6 Å². The van der Waals surface area contributed by atoms with Gasteiger partial charge in [-0.15, -0.1) is 0 Å². The molecule has 7 heteroatoms. The zero-order valence-corrected chi connectivity index (χ0v) is 16.1. The lowest BCUT2D eigenvalue weighted by atomic mass is 9.88. The van der Waals surface area contributed by atoms with Crippen molar-refractivity contribution in [3.05, 3.63) is 35.6 Å². The molecule has 3 amide bonds. The Hall–Kier alpha value is -2.44. The third-order valence-electron chi connectivity index (χ3n) is 4.83. The van der Waals surface area contributed by atoms with Crippen molar-refractivity contribution in [3.63, 3.8) is 0 Å². The van der Waals surface area contributed by atoms with Crippen molar-refractivity contribution in [2.24, 2.45) is 11.8 Å². The van der Waals surface area contributed by atoms with Crippen LogP contribution >= 0.6 is 0 Å². The summed E-state index contributed by atoms with van der Waals surface area (Å²) in [4.78, 5) is 38.5. The van der Waals surface area contributed by atoms with E-state index in [1.807, 2.05) is 13.8 Å². The molecule has 0 spiro atoms. The van der Waals surface area contributed by atoms with Gasteiger partial charge in [0.05, 0.1) is 5.56 Å². The van der Waals surface area contributed by atoms with Crippen LogP contribution in [0.1, 0.15) is 44.0 Å². The number of piperidine rings is 1. The van der Waals surface area contributed by atoms with Crippen LogP contribution in [0.4, 0.5) is 4.39 Å². The highest BCUT2D eigenvalue weighted by Gasteiger charge is 2.33. The van der Waals surface area contributed by atoms with Gasteiger partial charge in [0.25, 0.3) is 5.91 Å². The molecule has 1 aliphatic heterocycles. The number of carbonyl (C=O) groups excluding carboxylic acids is 3. The molecule has 1 aromatic rings. The van der Waals surface area contributed by atoms with Crippen LogP contribution < -0.4 is 10.6 Å². The van der Waals surface area contributed by atoms with Crippen molar-refractivity contribution < 1.29 is 18.8 Å². The summed E-state index contributed by atoms with van der Waals surface area (Å²) in [7, 11) is 0. The average molecular weight is 377 g/mol. The minimum Gasteiger partial charge on any atom is -0.354 e. The standard InChI is InChI=1S/C20H28FN3O3/c1-13(2)12-22-20(27)18(15-8-10-24(11-9-15)14(3)25)23-19(26)16-6-4-5-7-17(16)21/h4-7,13,15,18H,8-12H2,1-3H3,(H,22,27)(H,23,26). The number of nitrogens with zero attached hydrogens (tertiary/aromatic N) is 1. The lowest BCUT2D eigenvalue weighted by Gasteiger charge is -2.35. The van der Waals surface area contributed by atoms with Gasteiger partial charge >= 0.3 is 0 Å². The molecule has 0 saturated carbocycles. The number of likely N-dealkylation sites (tertiary alicyclic amines) is 1. The predicted octanol–water partition coefficient (Wildman–Crippen LogP) is 1.95. The van der Waals surface area contributed by atoms with Crippen LogP contribution in [-0.2, 0) is 9.59 Å². The maximum Gasteiger partial charge on any atom is 0.254 e. The molecular formula is C20H28FN3O3. The summed E-state index contributed by atoms with van der Waals surface area (Å²) in [6.45, 7) is 7.08. The third kappa shape index (κ3) is 5.77. The Morgan fingerprint density at radius 2 is 1.81 bits per heavy atom. The highest BCUT2D eigenvalue weighted by atomic mass is 19.1. The van der Waals surface area contributed by atoms with Crippen LogP contribution in [0.3, 0.4) is 0 Å². The molecule has 1 heterocycles. The second kappa shape index (κ2) is 9.48. The maximum absolute atomic E-state index is 13.9. The molecule has 148 valence electrons. The van der Waals surface area contributed by atoms with Gasteiger partial charge in [0.2, 0.25) is 11.8 Å².